The molecule has 1 aromatic heterocycles. The van der Waals surface area contributed by atoms with E-state index in [0.29, 0.717) is 4.57 Å². The number of halogens is 1. The van der Waals surface area contributed by atoms with Crippen LogP contribution in [0.3, 0.4) is 0 Å². The number of phosphoric ester groups is 1. The van der Waals surface area contributed by atoms with E-state index in [1.807, 2.05) is 0 Å². The number of rotatable bonds is 19. The lowest BCUT2D eigenvalue weighted by atomic mass is 9.88. The SMILES string of the molecule is CCOC(=O)OCOP(=O)(OCOC(=O)OCC)OC[C@@]1(CF)O[C@@H](n2ccc(=O)n(COC(=O)C(NC(=O)OC(C)(C)C)C(C)C)c2=O)[C@]2(C)OC(OC)O[C@H]12. The molecule has 3 rings (SSSR count). The third-order valence-electron chi connectivity index (χ3n) is 7.89. The highest BCUT2D eigenvalue weighted by Crippen LogP contribution is 2.56. The van der Waals surface area contributed by atoms with Crippen molar-refractivity contribution in [2.75, 3.05) is 47.2 Å². The Labute approximate surface area is 325 Å². The Morgan fingerprint density at radius 3 is 2.07 bits per heavy atom. The molecule has 1 amide bonds. The van der Waals surface area contributed by atoms with Gasteiger partial charge in [-0.25, -0.2) is 46.5 Å². The number of fused-ring (bicyclic) bond motifs is 1. The minimum absolute atomic E-state index is 0.0726. The van der Waals surface area contributed by atoms with Crippen LogP contribution in [0.5, 0.6) is 0 Å². The van der Waals surface area contributed by atoms with E-state index in [4.69, 9.17) is 42.0 Å². The Kier molecular flexibility index (Phi) is 16.6. The van der Waals surface area contributed by atoms with E-state index < -0.39 is 125 Å². The number of carbonyl (C=O) groups is 4. The second-order valence-electron chi connectivity index (χ2n) is 13.6. The Bertz CT molecular complexity index is 1710. The molecule has 2 saturated heterocycles. The first-order chi connectivity index (χ1) is 26.7. The zero-order valence-electron chi connectivity index (χ0n) is 32.9. The fraction of sp³-hybridized carbons (Fsp3) is 0.750. The molecule has 2 fully saturated rings. The summed E-state index contributed by atoms with van der Waals surface area (Å²) in [6.07, 6.45) is -5.52. The van der Waals surface area contributed by atoms with Crippen LogP contribution in [0.25, 0.3) is 0 Å². The minimum atomic E-state index is -4.96. The summed E-state index contributed by atoms with van der Waals surface area (Å²) in [5.41, 5.74) is -7.07. The lowest BCUT2D eigenvalue weighted by molar-refractivity contribution is -0.282. The minimum Gasteiger partial charge on any atom is -0.444 e. The number of alkyl carbamates (subject to hydrolysis) is 1. The van der Waals surface area contributed by atoms with Gasteiger partial charge in [0, 0.05) is 19.4 Å². The van der Waals surface area contributed by atoms with Crippen molar-refractivity contribution in [3.05, 3.63) is 33.1 Å². The molecule has 0 saturated carbocycles. The Morgan fingerprint density at radius 1 is 0.965 bits per heavy atom. The van der Waals surface area contributed by atoms with Crippen molar-refractivity contribution < 1.29 is 89.1 Å². The number of hydrogen-bond acceptors (Lipinski definition) is 20. The first-order valence-corrected chi connectivity index (χ1v) is 18.8. The monoisotopic (exact) mass is 845 g/mol. The molecule has 2 aliphatic rings. The van der Waals surface area contributed by atoms with E-state index in [9.17, 15) is 33.3 Å². The number of nitrogens with one attached hydrogen (secondary N) is 1. The van der Waals surface area contributed by atoms with Gasteiger partial charge in [-0.3, -0.25) is 13.9 Å². The maximum Gasteiger partial charge on any atom is 0.510 e. The lowest BCUT2D eigenvalue weighted by Crippen LogP contribution is -2.52. The van der Waals surface area contributed by atoms with Gasteiger partial charge in [0.1, 0.15) is 30.0 Å². The summed E-state index contributed by atoms with van der Waals surface area (Å²) in [7, 11) is -3.77. The molecule has 2 aliphatic heterocycles. The fourth-order valence-corrected chi connectivity index (χ4v) is 6.30. The number of carbonyl (C=O) groups excluding carboxylic acids is 4. The molecule has 3 heterocycles. The zero-order valence-corrected chi connectivity index (χ0v) is 33.8. The van der Waals surface area contributed by atoms with E-state index in [-0.39, 0.29) is 13.2 Å². The van der Waals surface area contributed by atoms with Crippen molar-refractivity contribution in [3.8, 4) is 0 Å². The number of nitrogens with zero attached hydrogens (tertiary/aromatic N) is 2. The topological polar surface area (TPSA) is 261 Å². The highest BCUT2D eigenvalue weighted by Gasteiger charge is 2.70. The molecule has 0 aromatic carbocycles. The third kappa shape index (κ3) is 12.2. The average molecular weight is 846 g/mol. The van der Waals surface area contributed by atoms with Gasteiger partial charge in [-0.2, -0.15) is 0 Å². The summed E-state index contributed by atoms with van der Waals surface area (Å²) in [5, 5.41) is 2.41. The Balaban J connectivity index is 1.92. The average Bonchev–Trinajstić information content (AvgIpc) is 3.59. The number of phosphoric acid groups is 1. The number of ether oxygens (including phenoxy) is 10. The highest BCUT2D eigenvalue weighted by molar-refractivity contribution is 7.48. The third-order valence-corrected chi connectivity index (χ3v) is 9.18. The van der Waals surface area contributed by atoms with Crippen molar-refractivity contribution in [3.63, 3.8) is 0 Å². The number of alkyl halides is 1. The highest BCUT2D eigenvalue weighted by atomic mass is 31.2. The number of amides is 1. The van der Waals surface area contributed by atoms with Crippen LogP contribution in [0.2, 0.25) is 0 Å². The van der Waals surface area contributed by atoms with Crippen molar-refractivity contribution >= 4 is 32.2 Å². The fourth-order valence-electron chi connectivity index (χ4n) is 5.34. The van der Waals surface area contributed by atoms with Gasteiger partial charge < -0.3 is 52.7 Å². The van der Waals surface area contributed by atoms with Crippen molar-refractivity contribution in [2.45, 2.75) is 104 Å². The second kappa shape index (κ2) is 20.0. The van der Waals surface area contributed by atoms with E-state index in [2.05, 4.69) is 24.3 Å². The molecule has 0 aliphatic carbocycles. The molecule has 0 spiro atoms. The molecular weight excluding hydrogens is 796 g/mol. The van der Waals surface area contributed by atoms with E-state index >= 15 is 4.39 Å². The molecule has 1 aromatic rings. The van der Waals surface area contributed by atoms with Crippen molar-refractivity contribution in [2.24, 2.45) is 5.92 Å². The summed E-state index contributed by atoms with van der Waals surface area (Å²) >= 11 is 0. The molecule has 2 unspecified atom stereocenters. The van der Waals surface area contributed by atoms with Crippen LogP contribution < -0.4 is 16.6 Å². The molecule has 25 heteroatoms. The summed E-state index contributed by atoms with van der Waals surface area (Å²) in [6.45, 7) is 5.21. The van der Waals surface area contributed by atoms with Crippen molar-refractivity contribution in [1.82, 2.24) is 14.5 Å². The number of hydrogen-bond donors (Lipinski definition) is 1. The van der Waals surface area contributed by atoms with Crippen LogP contribution in [-0.4, -0.2) is 116 Å². The lowest BCUT2D eigenvalue weighted by Gasteiger charge is -2.31. The molecule has 23 nitrogen and oxygen atoms in total. The molecule has 324 valence electrons. The first kappa shape index (κ1) is 47.2. The van der Waals surface area contributed by atoms with Crippen LogP contribution in [0.15, 0.2) is 21.9 Å². The second-order valence-corrected chi connectivity index (χ2v) is 15.3. The summed E-state index contributed by atoms with van der Waals surface area (Å²) in [6, 6.07) is -0.314. The summed E-state index contributed by atoms with van der Waals surface area (Å²) < 4.78 is 97.7. The molecule has 0 bridgehead atoms. The normalized spacial score (nSPS) is 23.7. The van der Waals surface area contributed by atoms with Crippen LogP contribution in [0.1, 0.15) is 61.6 Å². The number of esters is 1. The summed E-state index contributed by atoms with van der Waals surface area (Å²) in [5.74, 6) is -1.51. The molecule has 0 radical (unpaired) electrons. The Morgan fingerprint density at radius 2 is 1.56 bits per heavy atom. The summed E-state index contributed by atoms with van der Waals surface area (Å²) in [4.78, 5) is 75.6. The predicted octanol–water partition coefficient (Wildman–Crippen LogP) is 2.82. The number of methoxy groups -OCH3 is 1. The van der Waals surface area contributed by atoms with E-state index in [1.165, 1.54) is 27.9 Å². The van der Waals surface area contributed by atoms with Crippen molar-refractivity contribution in [1.29, 1.82) is 0 Å². The maximum absolute atomic E-state index is 15.4. The predicted molar refractivity (Wildman–Crippen MR) is 185 cm³/mol. The zero-order chi connectivity index (χ0) is 42.8. The smallest absolute Gasteiger partial charge is 0.444 e. The van der Waals surface area contributed by atoms with Gasteiger partial charge in [0.25, 0.3) is 12.0 Å². The van der Waals surface area contributed by atoms with Gasteiger partial charge in [-0.1, -0.05) is 13.8 Å². The molecule has 1 N–H and O–H groups in total. The van der Waals surface area contributed by atoms with Gasteiger partial charge >= 0.3 is 37.9 Å². The van der Waals surface area contributed by atoms with E-state index in [0.717, 1.165) is 16.8 Å². The quantitative estimate of drug-likeness (QED) is 0.0908. The molecule has 57 heavy (non-hydrogen) atoms. The Hall–Kier alpha value is -4.16. The van der Waals surface area contributed by atoms with E-state index in [1.54, 1.807) is 34.6 Å². The van der Waals surface area contributed by atoms with Crippen LogP contribution in [0.4, 0.5) is 18.8 Å². The standard InChI is InChI=1S/C32H49FN3O20P/c1-10-45-27(41)48-17-51-57(43,52-18-49-28(42)46-11-2)50-15-32(14-33)23-31(8,56-29(44-9)53-23)24(54-32)35-13-12-20(37)36(26(35)40)16-47-22(38)21(19(3)4)34-25(39)55-30(5,6)7/h12-13,19,21,23-24,29H,10-11,14-18H2,1-9H3,(H,34,39)/t21?,23-,24+,29?,31+,32+/m0/s1. The largest absolute Gasteiger partial charge is 0.510 e. The number of aromatic nitrogens is 2. The van der Waals surface area contributed by atoms with Crippen LogP contribution >= 0.6 is 7.82 Å². The molecule has 6 atom stereocenters. The molecular formula is C32H49FN3O20P. The van der Waals surface area contributed by atoms with Gasteiger partial charge in [0.15, 0.2) is 18.6 Å². The maximum atomic E-state index is 15.4. The van der Waals surface area contributed by atoms with Crippen LogP contribution in [-0.2, 0) is 77.0 Å². The first-order valence-electron chi connectivity index (χ1n) is 17.4. The van der Waals surface area contributed by atoms with Gasteiger partial charge in [0.05, 0.1) is 19.8 Å². The van der Waals surface area contributed by atoms with Gasteiger partial charge in [-0.15, -0.1) is 0 Å². The van der Waals surface area contributed by atoms with Gasteiger partial charge in [0.2, 0.25) is 13.6 Å². The van der Waals surface area contributed by atoms with Crippen LogP contribution in [0, 0.1) is 5.92 Å². The van der Waals surface area contributed by atoms with Gasteiger partial charge in [-0.05, 0) is 47.5 Å².